The first-order valence-corrected chi connectivity index (χ1v) is 6.79. The highest BCUT2D eigenvalue weighted by Gasteiger charge is 2.09. The molecule has 1 aromatic carbocycles. The van der Waals surface area contributed by atoms with Gasteiger partial charge in [0, 0.05) is 12.1 Å². The third-order valence-corrected chi connectivity index (χ3v) is 2.68. The van der Waals surface area contributed by atoms with Crippen LogP contribution < -0.4 is 15.4 Å². The van der Waals surface area contributed by atoms with Crippen LogP contribution in [0.4, 0.5) is 22.0 Å². The first-order chi connectivity index (χ1) is 10.1. The minimum Gasteiger partial charge on any atom is -0.463 e. The Bertz CT molecular complexity index is 626. The second-order valence-corrected chi connectivity index (χ2v) is 4.55. The number of hydrogen-bond acceptors (Lipinski definition) is 6. The average molecular weight is 312 g/mol. The standard InChI is InChI=1S/C13H15ClFN5O/c1-3-6-21-13-19-11(16-2)18-12(20-13)17-10-7-8(14)4-5-9(10)15/h4-5,7H,3,6H2,1-2H3,(H2,16,17,18,19,20). The van der Waals surface area contributed by atoms with Gasteiger partial charge in [-0.1, -0.05) is 18.5 Å². The summed E-state index contributed by atoms with van der Waals surface area (Å²) in [5.74, 6) is 0.0319. The highest BCUT2D eigenvalue weighted by atomic mass is 35.5. The van der Waals surface area contributed by atoms with Crippen molar-refractivity contribution in [1.29, 1.82) is 0 Å². The summed E-state index contributed by atoms with van der Waals surface area (Å²) in [7, 11) is 1.67. The number of ether oxygens (including phenoxy) is 1. The first-order valence-electron chi connectivity index (χ1n) is 6.41. The third kappa shape index (κ3) is 4.16. The van der Waals surface area contributed by atoms with Gasteiger partial charge in [0.1, 0.15) is 5.82 Å². The van der Waals surface area contributed by atoms with Gasteiger partial charge in [0.15, 0.2) is 0 Å². The lowest BCUT2D eigenvalue weighted by atomic mass is 10.3. The SMILES string of the molecule is CCCOc1nc(NC)nc(Nc2cc(Cl)ccc2F)n1. The third-order valence-electron chi connectivity index (χ3n) is 2.45. The maximum Gasteiger partial charge on any atom is 0.323 e. The van der Waals surface area contributed by atoms with Crippen molar-refractivity contribution in [2.75, 3.05) is 24.3 Å². The van der Waals surface area contributed by atoms with E-state index in [9.17, 15) is 4.39 Å². The van der Waals surface area contributed by atoms with Crippen molar-refractivity contribution < 1.29 is 9.13 Å². The normalized spacial score (nSPS) is 10.3. The van der Waals surface area contributed by atoms with Crippen molar-refractivity contribution in [3.63, 3.8) is 0 Å². The Morgan fingerprint density at radius 1 is 1.24 bits per heavy atom. The second kappa shape index (κ2) is 7.03. The Balaban J connectivity index is 2.27. The van der Waals surface area contributed by atoms with Gasteiger partial charge in [-0.3, -0.25) is 0 Å². The Morgan fingerprint density at radius 3 is 2.71 bits per heavy atom. The molecule has 2 rings (SSSR count). The minimum atomic E-state index is -0.457. The molecule has 0 bridgehead atoms. The van der Waals surface area contributed by atoms with Crippen LogP contribution in [0.1, 0.15) is 13.3 Å². The van der Waals surface area contributed by atoms with E-state index in [1.165, 1.54) is 18.2 Å². The fraction of sp³-hybridized carbons (Fsp3) is 0.308. The van der Waals surface area contributed by atoms with E-state index >= 15 is 0 Å². The maximum absolute atomic E-state index is 13.7. The summed E-state index contributed by atoms with van der Waals surface area (Å²) in [6.07, 6.45) is 0.826. The van der Waals surface area contributed by atoms with Crippen molar-refractivity contribution in [3.05, 3.63) is 29.0 Å². The minimum absolute atomic E-state index is 0.168. The summed E-state index contributed by atoms with van der Waals surface area (Å²) in [6.45, 7) is 2.46. The van der Waals surface area contributed by atoms with E-state index in [1.54, 1.807) is 7.05 Å². The van der Waals surface area contributed by atoms with Crippen LogP contribution in [0.25, 0.3) is 0 Å². The number of halogens is 2. The van der Waals surface area contributed by atoms with E-state index < -0.39 is 5.82 Å². The topological polar surface area (TPSA) is 72.0 Å². The molecule has 1 aromatic heterocycles. The van der Waals surface area contributed by atoms with Crippen molar-refractivity contribution >= 4 is 29.2 Å². The first kappa shape index (κ1) is 15.2. The number of hydrogen-bond donors (Lipinski definition) is 2. The van der Waals surface area contributed by atoms with Crippen LogP contribution in [0.2, 0.25) is 5.02 Å². The summed E-state index contributed by atoms with van der Waals surface area (Å²) in [5, 5.41) is 5.96. The molecule has 0 aliphatic carbocycles. The highest BCUT2D eigenvalue weighted by Crippen LogP contribution is 2.23. The van der Waals surface area contributed by atoms with Crippen LogP contribution in [-0.2, 0) is 0 Å². The predicted octanol–water partition coefficient (Wildman–Crippen LogP) is 3.24. The fourth-order valence-electron chi connectivity index (χ4n) is 1.50. The quantitative estimate of drug-likeness (QED) is 0.853. The molecule has 0 saturated carbocycles. The van der Waals surface area contributed by atoms with E-state index in [-0.39, 0.29) is 17.6 Å². The van der Waals surface area contributed by atoms with Gasteiger partial charge < -0.3 is 15.4 Å². The lowest BCUT2D eigenvalue weighted by Crippen LogP contribution is -2.08. The molecule has 0 aliphatic heterocycles. The molecular formula is C13H15ClFN5O. The molecule has 21 heavy (non-hydrogen) atoms. The average Bonchev–Trinajstić information content (AvgIpc) is 2.48. The number of nitrogens with zero attached hydrogens (tertiary/aromatic N) is 3. The predicted molar refractivity (Wildman–Crippen MR) is 79.9 cm³/mol. The summed E-state index contributed by atoms with van der Waals surface area (Å²) in [4.78, 5) is 12.2. The van der Waals surface area contributed by atoms with Gasteiger partial charge in [-0.05, 0) is 24.6 Å². The zero-order valence-corrected chi connectivity index (χ0v) is 12.4. The van der Waals surface area contributed by atoms with E-state index in [4.69, 9.17) is 16.3 Å². The molecule has 0 aliphatic rings. The zero-order chi connectivity index (χ0) is 15.2. The number of rotatable bonds is 6. The summed E-state index contributed by atoms with van der Waals surface area (Å²) in [5.41, 5.74) is 0.178. The van der Waals surface area contributed by atoms with Crippen LogP contribution >= 0.6 is 11.6 Å². The molecule has 2 aromatic rings. The smallest absolute Gasteiger partial charge is 0.323 e. The summed E-state index contributed by atoms with van der Waals surface area (Å²) < 4.78 is 19.1. The molecule has 8 heteroatoms. The van der Waals surface area contributed by atoms with Crippen LogP contribution in [0.5, 0.6) is 6.01 Å². The molecule has 6 nitrogen and oxygen atoms in total. The van der Waals surface area contributed by atoms with Crippen LogP contribution in [0.15, 0.2) is 18.2 Å². The largest absolute Gasteiger partial charge is 0.463 e. The fourth-order valence-corrected chi connectivity index (χ4v) is 1.67. The van der Waals surface area contributed by atoms with Gasteiger partial charge >= 0.3 is 6.01 Å². The monoisotopic (exact) mass is 311 g/mol. The number of anilines is 3. The summed E-state index contributed by atoms with van der Waals surface area (Å²) >= 11 is 5.84. The van der Waals surface area contributed by atoms with E-state index in [0.29, 0.717) is 17.6 Å². The van der Waals surface area contributed by atoms with Gasteiger partial charge in [-0.25, -0.2) is 4.39 Å². The van der Waals surface area contributed by atoms with Crippen molar-refractivity contribution in [2.24, 2.45) is 0 Å². The molecule has 0 unspecified atom stereocenters. The number of aromatic nitrogens is 3. The molecular weight excluding hydrogens is 297 g/mol. The molecule has 0 spiro atoms. The van der Waals surface area contributed by atoms with Gasteiger partial charge in [-0.2, -0.15) is 15.0 Å². The van der Waals surface area contributed by atoms with Gasteiger partial charge in [0.05, 0.1) is 12.3 Å². The van der Waals surface area contributed by atoms with Crippen LogP contribution in [0, 0.1) is 5.82 Å². The Labute approximate surface area is 126 Å². The molecule has 0 amide bonds. The van der Waals surface area contributed by atoms with Crippen LogP contribution in [-0.4, -0.2) is 28.6 Å². The molecule has 0 fully saturated rings. The van der Waals surface area contributed by atoms with Crippen molar-refractivity contribution in [3.8, 4) is 6.01 Å². The van der Waals surface area contributed by atoms with E-state index in [1.807, 2.05) is 6.92 Å². The zero-order valence-electron chi connectivity index (χ0n) is 11.7. The molecule has 2 N–H and O–H groups in total. The highest BCUT2D eigenvalue weighted by molar-refractivity contribution is 6.30. The molecule has 0 atom stereocenters. The van der Waals surface area contributed by atoms with Crippen molar-refractivity contribution in [2.45, 2.75) is 13.3 Å². The molecule has 1 heterocycles. The number of benzene rings is 1. The maximum atomic E-state index is 13.7. The van der Waals surface area contributed by atoms with Crippen molar-refractivity contribution in [1.82, 2.24) is 15.0 Å². The molecule has 0 radical (unpaired) electrons. The Kier molecular flexibility index (Phi) is 5.10. The lowest BCUT2D eigenvalue weighted by Gasteiger charge is -2.09. The molecule has 112 valence electrons. The Morgan fingerprint density at radius 2 is 2.00 bits per heavy atom. The summed E-state index contributed by atoms with van der Waals surface area (Å²) in [6, 6.07) is 4.34. The van der Waals surface area contributed by atoms with Gasteiger partial charge in [0.25, 0.3) is 0 Å². The van der Waals surface area contributed by atoms with Crippen LogP contribution in [0.3, 0.4) is 0 Å². The van der Waals surface area contributed by atoms with Gasteiger partial charge in [0.2, 0.25) is 11.9 Å². The van der Waals surface area contributed by atoms with E-state index in [0.717, 1.165) is 6.42 Å². The van der Waals surface area contributed by atoms with Gasteiger partial charge in [-0.15, -0.1) is 0 Å². The number of nitrogens with one attached hydrogen (secondary N) is 2. The Hall–Kier alpha value is -2.15. The second-order valence-electron chi connectivity index (χ2n) is 4.11. The van der Waals surface area contributed by atoms with E-state index in [2.05, 4.69) is 25.6 Å². The lowest BCUT2D eigenvalue weighted by molar-refractivity contribution is 0.292. The molecule has 0 saturated heterocycles.